The van der Waals surface area contributed by atoms with Gasteiger partial charge < -0.3 is 20.1 Å². The highest BCUT2D eigenvalue weighted by molar-refractivity contribution is 5.77. The van der Waals surface area contributed by atoms with Crippen LogP contribution >= 0.6 is 0 Å². The van der Waals surface area contributed by atoms with E-state index in [4.69, 9.17) is 5.11 Å². The van der Waals surface area contributed by atoms with Crippen molar-refractivity contribution < 1.29 is 42.8 Å². The monoisotopic (exact) mass is 329 g/mol. The lowest BCUT2D eigenvalue weighted by molar-refractivity contribution is -0.311. The molecular weight excluding hydrogens is 311 g/mol. The summed E-state index contributed by atoms with van der Waals surface area (Å²) in [7, 11) is 0. The van der Waals surface area contributed by atoms with E-state index in [9.17, 15) is 33.0 Å². The minimum atomic E-state index is -5.24. The summed E-state index contributed by atoms with van der Waals surface area (Å²) in [5.74, 6) is -7.95. The molecule has 0 spiro atoms. The maximum Gasteiger partial charge on any atom is 0.575 e. The Kier molecular flexibility index (Phi) is 5.76. The number of halogens is 3. The van der Waals surface area contributed by atoms with Crippen molar-refractivity contribution in [2.24, 2.45) is 23.7 Å². The second-order valence-electron chi connectivity index (χ2n) is 5.61. The van der Waals surface area contributed by atoms with Crippen molar-refractivity contribution in [1.82, 2.24) is 5.32 Å². The first-order valence-electron chi connectivity index (χ1n) is 6.58. The van der Waals surface area contributed by atoms with Gasteiger partial charge in [-0.2, -0.15) is 0 Å². The highest BCUT2D eigenvalue weighted by atomic mass is 19.4. The predicted octanol–water partition coefficient (Wildman–Crippen LogP) is 0.269. The van der Waals surface area contributed by atoms with E-state index in [1.54, 1.807) is 13.8 Å². The molecule has 0 aliphatic carbocycles. The van der Waals surface area contributed by atoms with Crippen molar-refractivity contribution in [2.75, 3.05) is 0 Å². The number of ether oxygens (including phenoxy) is 1. The normalized spacial score (nSPS) is 32.8. The summed E-state index contributed by atoms with van der Waals surface area (Å²) in [5, 5.41) is 30.6. The molecule has 5 unspecified atom stereocenters. The maximum absolute atomic E-state index is 12.2. The molecule has 22 heavy (non-hydrogen) atoms. The fraction of sp³-hybridized carbons (Fsp3) is 0.833. The lowest BCUT2D eigenvalue weighted by Crippen LogP contribution is -2.61. The first-order valence-corrected chi connectivity index (χ1v) is 6.58. The molecule has 0 aromatic heterocycles. The van der Waals surface area contributed by atoms with E-state index in [1.807, 2.05) is 5.32 Å². The van der Waals surface area contributed by atoms with E-state index in [0.29, 0.717) is 0 Å². The molecule has 0 amide bonds. The van der Waals surface area contributed by atoms with E-state index in [1.165, 1.54) is 0 Å². The average Bonchev–Trinajstić information content (AvgIpc) is 2.23. The van der Waals surface area contributed by atoms with Crippen molar-refractivity contribution in [3.05, 3.63) is 0 Å². The Hall–Kier alpha value is -1.39. The van der Waals surface area contributed by atoms with E-state index in [2.05, 4.69) is 4.74 Å². The van der Waals surface area contributed by atoms with Gasteiger partial charge in [0.15, 0.2) is 0 Å². The Balaban J connectivity index is 3.12. The average molecular weight is 329 g/mol. The van der Waals surface area contributed by atoms with Gasteiger partial charge in [-0.25, -0.2) is 0 Å². The standard InChI is InChI=1S/C12H18F3NO6/c1-4(2)3-5-6(10(19)20)8(17)16-9(18)7(5)11(21)22-12(13,14)15/h4-9,16-18H,3H2,1-2H3,(H,19,20). The third kappa shape index (κ3) is 4.55. The molecule has 1 heterocycles. The number of alkyl halides is 3. The smallest absolute Gasteiger partial charge is 0.481 e. The van der Waals surface area contributed by atoms with E-state index in [0.717, 1.165) is 0 Å². The number of carbonyl (C=O) groups is 2. The highest BCUT2D eigenvalue weighted by Crippen LogP contribution is 2.37. The van der Waals surface area contributed by atoms with E-state index in [-0.39, 0.29) is 12.3 Å². The van der Waals surface area contributed by atoms with Crippen LogP contribution in [0.1, 0.15) is 20.3 Å². The second kappa shape index (κ2) is 6.80. The van der Waals surface area contributed by atoms with Crippen LogP contribution in [-0.4, -0.2) is 46.1 Å². The van der Waals surface area contributed by atoms with Crippen molar-refractivity contribution in [2.45, 2.75) is 39.1 Å². The number of carboxylic acids is 1. The van der Waals surface area contributed by atoms with Crippen LogP contribution in [0.15, 0.2) is 0 Å². The number of rotatable bonds is 4. The predicted molar refractivity (Wildman–Crippen MR) is 64.9 cm³/mol. The van der Waals surface area contributed by atoms with Gasteiger partial charge in [0.25, 0.3) is 0 Å². The van der Waals surface area contributed by atoms with Crippen molar-refractivity contribution in [3.63, 3.8) is 0 Å². The molecule has 10 heteroatoms. The van der Waals surface area contributed by atoms with Gasteiger partial charge in [0.2, 0.25) is 0 Å². The van der Waals surface area contributed by atoms with Gasteiger partial charge >= 0.3 is 18.3 Å². The summed E-state index contributed by atoms with van der Waals surface area (Å²) < 4.78 is 39.9. The summed E-state index contributed by atoms with van der Waals surface area (Å²) >= 11 is 0. The number of aliphatic hydroxyl groups excluding tert-OH is 2. The summed E-state index contributed by atoms with van der Waals surface area (Å²) in [6, 6.07) is 0. The van der Waals surface area contributed by atoms with Crippen molar-refractivity contribution >= 4 is 11.9 Å². The van der Waals surface area contributed by atoms with Gasteiger partial charge in [0.05, 0.1) is 5.92 Å². The van der Waals surface area contributed by atoms with E-state index >= 15 is 0 Å². The Morgan fingerprint density at radius 1 is 1.18 bits per heavy atom. The minimum absolute atomic E-state index is 0.0182. The van der Waals surface area contributed by atoms with Crippen LogP contribution in [0, 0.1) is 23.7 Å². The summed E-state index contributed by atoms with van der Waals surface area (Å²) in [5.41, 5.74) is 0. The SMILES string of the molecule is CC(C)CC1C(C(=O)O)C(O)NC(O)C1C(=O)OC(F)(F)F. The van der Waals surface area contributed by atoms with Crippen LogP contribution in [0.5, 0.6) is 0 Å². The topological polar surface area (TPSA) is 116 Å². The fourth-order valence-corrected chi connectivity index (χ4v) is 2.72. The number of aliphatic hydroxyl groups is 2. The van der Waals surface area contributed by atoms with Gasteiger partial charge in [-0.05, 0) is 18.3 Å². The number of hydrogen-bond donors (Lipinski definition) is 4. The third-order valence-electron chi connectivity index (χ3n) is 3.46. The molecule has 1 aliphatic heterocycles. The van der Waals surface area contributed by atoms with Crippen LogP contribution in [0.3, 0.4) is 0 Å². The Bertz CT molecular complexity index is 428. The van der Waals surface area contributed by atoms with E-state index < -0.39 is 48.5 Å². The number of hydrogen-bond acceptors (Lipinski definition) is 6. The molecule has 0 saturated carbocycles. The van der Waals surface area contributed by atoms with Crippen LogP contribution in [0.2, 0.25) is 0 Å². The molecule has 5 atom stereocenters. The van der Waals surface area contributed by atoms with Gasteiger partial charge in [-0.15, -0.1) is 13.2 Å². The zero-order valence-electron chi connectivity index (χ0n) is 11.9. The lowest BCUT2D eigenvalue weighted by Gasteiger charge is -2.42. The fourth-order valence-electron chi connectivity index (χ4n) is 2.72. The number of esters is 1. The summed E-state index contributed by atoms with van der Waals surface area (Å²) in [6.07, 6.45) is -8.76. The molecule has 0 aromatic carbocycles. The lowest BCUT2D eigenvalue weighted by atomic mass is 9.72. The van der Waals surface area contributed by atoms with Crippen LogP contribution in [0.25, 0.3) is 0 Å². The quantitative estimate of drug-likeness (QED) is 0.547. The number of carbonyl (C=O) groups excluding carboxylic acids is 1. The zero-order valence-corrected chi connectivity index (χ0v) is 11.9. The number of carboxylic acid groups (broad SMARTS) is 1. The number of piperidine rings is 1. The third-order valence-corrected chi connectivity index (χ3v) is 3.46. The molecule has 1 aliphatic rings. The molecule has 4 N–H and O–H groups in total. The van der Waals surface area contributed by atoms with Gasteiger partial charge in [0, 0.05) is 0 Å². The molecule has 1 rings (SSSR count). The first-order chi connectivity index (χ1) is 9.94. The molecular formula is C12H18F3NO6. The molecule has 7 nitrogen and oxygen atoms in total. The molecule has 1 saturated heterocycles. The van der Waals surface area contributed by atoms with Crippen molar-refractivity contribution in [1.29, 1.82) is 0 Å². The Morgan fingerprint density at radius 3 is 2.09 bits per heavy atom. The van der Waals surface area contributed by atoms with Crippen LogP contribution in [-0.2, 0) is 14.3 Å². The van der Waals surface area contributed by atoms with Gasteiger partial charge in [-0.3, -0.25) is 14.9 Å². The maximum atomic E-state index is 12.2. The highest BCUT2D eigenvalue weighted by Gasteiger charge is 2.52. The first kappa shape index (κ1) is 18.7. The summed E-state index contributed by atoms with van der Waals surface area (Å²) in [4.78, 5) is 22.9. The largest absolute Gasteiger partial charge is 0.575 e. The molecule has 1 fully saturated rings. The van der Waals surface area contributed by atoms with Crippen LogP contribution in [0.4, 0.5) is 13.2 Å². The second-order valence-corrected chi connectivity index (χ2v) is 5.61. The van der Waals surface area contributed by atoms with Gasteiger partial charge in [0.1, 0.15) is 18.4 Å². The zero-order chi connectivity index (χ0) is 17.2. The molecule has 0 radical (unpaired) electrons. The van der Waals surface area contributed by atoms with Gasteiger partial charge in [-0.1, -0.05) is 13.8 Å². The van der Waals surface area contributed by atoms with Crippen molar-refractivity contribution in [3.8, 4) is 0 Å². The molecule has 128 valence electrons. The van der Waals surface area contributed by atoms with Crippen LogP contribution < -0.4 is 5.32 Å². The number of aliphatic carboxylic acids is 1. The summed E-state index contributed by atoms with van der Waals surface area (Å²) in [6.45, 7) is 3.34. The number of nitrogens with one attached hydrogen (secondary N) is 1. The Morgan fingerprint density at radius 2 is 1.68 bits per heavy atom. The Labute approximate surface area is 124 Å². The minimum Gasteiger partial charge on any atom is -0.481 e. The molecule has 0 aromatic rings. The molecule has 0 bridgehead atoms.